The van der Waals surface area contributed by atoms with Gasteiger partial charge in [-0.15, -0.1) is 0 Å². The summed E-state index contributed by atoms with van der Waals surface area (Å²) in [6.07, 6.45) is 1.92. The maximum atomic E-state index is 10.7. The van der Waals surface area contributed by atoms with E-state index in [1.807, 2.05) is 13.8 Å². The lowest BCUT2D eigenvalue weighted by molar-refractivity contribution is -0.483. The van der Waals surface area contributed by atoms with E-state index in [4.69, 9.17) is 9.15 Å². The number of nitro groups is 1. The van der Waals surface area contributed by atoms with Gasteiger partial charge in [-0.05, 0) is 26.0 Å². The van der Waals surface area contributed by atoms with Gasteiger partial charge in [0.1, 0.15) is 12.4 Å². The summed E-state index contributed by atoms with van der Waals surface area (Å²) < 4.78 is 10.7. The zero-order chi connectivity index (χ0) is 13.2. The first-order chi connectivity index (χ1) is 8.46. The molecule has 0 radical (unpaired) electrons. The molecular weight excluding hydrogens is 236 g/mol. The second kappa shape index (κ2) is 4.80. The van der Waals surface area contributed by atoms with Crippen molar-refractivity contribution in [2.75, 3.05) is 13.2 Å². The molecule has 1 aliphatic rings. The molecule has 0 N–H and O–H groups in total. The van der Waals surface area contributed by atoms with Gasteiger partial charge in [0.25, 0.3) is 0 Å². The molecule has 2 heterocycles. The van der Waals surface area contributed by atoms with Crippen molar-refractivity contribution in [2.24, 2.45) is 4.99 Å². The molecule has 0 aliphatic carbocycles. The Morgan fingerprint density at radius 1 is 1.61 bits per heavy atom. The van der Waals surface area contributed by atoms with Crippen LogP contribution in [-0.2, 0) is 4.74 Å². The summed E-state index contributed by atoms with van der Waals surface area (Å²) in [4.78, 5) is 14.8. The molecule has 6 nitrogen and oxygen atoms in total. The van der Waals surface area contributed by atoms with E-state index in [1.165, 1.54) is 6.26 Å². The number of ether oxygens (including phenoxy) is 1. The molecule has 0 bridgehead atoms. The normalized spacial score (nSPS) is 19.1. The van der Waals surface area contributed by atoms with Gasteiger partial charge in [0.15, 0.2) is 5.90 Å². The fourth-order valence-corrected chi connectivity index (χ4v) is 1.94. The molecule has 1 aromatic rings. The Labute approximate surface area is 105 Å². The Morgan fingerprint density at radius 2 is 2.39 bits per heavy atom. The van der Waals surface area contributed by atoms with Crippen molar-refractivity contribution in [1.82, 2.24) is 0 Å². The molecule has 0 fully saturated rings. The molecule has 98 valence electrons. The fraction of sp³-hybridized carbons (Fsp3) is 0.583. The molecule has 18 heavy (non-hydrogen) atoms. The quantitative estimate of drug-likeness (QED) is 0.594. The van der Waals surface area contributed by atoms with E-state index < -0.39 is 0 Å². The second-order valence-electron chi connectivity index (χ2n) is 5.04. The van der Waals surface area contributed by atoms with E-state index in [0.29, 0.717) is 24.7 Å². The summed E-state index contributed by atoms with van der Waals surface area (Å²) in [7, 11) is 0. The molecule has 0 amide bonds. The molecule has 0 spiro atoms. The summed E-state index contributed by atoms with van der Waals surface area (Å²) in [5, 5.41) is 10.7. The Kier molecular flexibility index (Phi) is 3.36. The highest BCUT2D eigenvalue weighted by Gasteiger charge is 2.30. The molecule has 1 aromatic heterocycles. The van der Waals surface area contributed by atoms with Crippen molar-refractivity contribution >= 4 is 5.90 Å². The van der Waals surface area contributed by atoms with Crippen LogP contribution in [0.1, 0.15) is 31.9 Å². The van der Waals surface area contributed by atoms with Gasteiger partial charge in [-0.1, -0.05) is 0 Å². The van der Waals surface area contributed by atoms with Crippen LogP contribution in [0.3, 0.4) is 0 Å². The monoisotopic (exact) mass is 252 g/mol. The molecule has 1 unspecified atom stereocenters. The van der Waals surface area contributed by atoms with Crippen LogP contribution in [0.4, 0.5) is 0 Å². The van der Waals surface area contributed by atoms with Gasteiger partial charge >= 0.3 is 0 Å². The lowest BCUT2D eigenvalue weighted by atomic mass is 10.0. The van der Waals surface area contributed by atoms with Crippen LogP contribution in [0.2, 0.25) is 0 Å². The maximum absolute atomic E-state index is 10.7. The Morgan fingerprint density at radius 3 is 2.89 bits per heavy atom. The van der Waals surface area contributed by atoms with Gasteiger partial charge < -0.3 is 9.15 Å². The molecule has 0 saturated heterocycles. The molecule has 0 saturated carbocycles. The lowest BCUT2D eigenvalue weighted by Gasteiger charge is -2.09. The lowest BCUT2D eigenvalue weighted by Crippen LogP contribution is -2.17. The third-order valence-corrected chi connectivity index (χ3v) is 2.76. The number of hydrogen-bond donors (Lipinski definition) is 0. The van der Waals surface area contributed by atoms with E-state index in [2.05, 4.69) is 4.99 Å². The molecule has 1 atom stereocenters. The van der Waals surface area contributed by atoms with E-state index in [0.717, 1.165) is 0 Å². The molecule has 1 aliphatic heterocycles. The molecule has 2 rings (SSSR count). The number of nitrogens with zero attached hydrogens (tertiary/aromatic N) is 2. The van der Waals surface area contributed by atoms with E-state index >= 15 is 0 Å². The Balaban J connectivity index is 2.09. The van der Waals surface area contributed by atoms with Crippen molar-refractivity contribution in [1.29, 1.82) is 0 Å². The average molecular weight is 252 g/mol. The summed E-state index contributed by atoms with van der Waals surface area (Å²) in [6.45, 7) is 4.27. The smallest absolute Gasteiger partial charge is 0.214 e. The van der Waals surface area contributed by atoms with Gasteiger partial charge in [-0.25, -0.2) is 4.99 Å². The first kappa shape index (κ1) is 12.6. The summed E-state index contributed by atoms with van der Waals surface area (Å²) >= 11 is 0. The first-order valence-corrected chi connectivity index (χ1v) is 5.83. The SMILES string of the molecule is CC1(C)COC(CC(C[N+](=O)[O-])c2ccco2)=N1. The summed E-state index contributed by atoms with van der Waals surface area (Å²) in [5.41, 5.74) is -0.238. The minimum atomic E-state index is -0.339. The predicted molar refractivity (Wildman–Crippen MR) is 65.4 cm³/mol. The number of rotatable bonds is 5. The number of aliphatic imine (C=N–C) groups is 1. The van der Waals surface area contributed by atoms with Gasteiger partial charge in [0.05, 0.1) is 17.7 Å². The minimum Gasteiger partial charge on any atom is -0.478 e. The minimum absolute atomic E-state index is 0.184. The van der Waals surface area contributed by atoms with Crippen LogP contribution < -0.4 is 0 Å². The number of furan rings is 1. The second-order valence-corrected chi connectivity index (χ2v) is 5.04. The van der Waals surface area contributed by atoms with Crippen LogP contribution >= 0.6 is 0 Å². The van der Waals surface area contributed by atoms with E-state index in [9.17, 15) is 10.1 Å². The molecule has 0 aromatic carbocycles. The highest BCUT2D eigenvalue weighted by molar-refractivity contribution is 5.79. The van der Waals surface area contributed by atoms with Gasteiger partial charge in [0, 0.05) is 11.3 Å². The third-order valence-electron chi connectivity index (χ3n) is 2.76. The van der Waals surface area contributed by atoms with Crippen molar-refractivity contribution in [3.8, 4) is 0 Å². The number of hydrogen-bond acceptors (Lipinski definition) is 5. The van der Waals surface area contributed by atoms with Crippen molar-refractivity contribution in [3.05, 3.63) is 34.3 Å². The van der Waals surface area contributed by atoms with Crippen LogP contribution in [0.15, 0.2) is 27.8 Å². The maximum Gasteiger partial charge on any atom is 0.214 e. The standard InChI is InChI=1S/C12H16N2O4/c1-12(2)8-18-11(13-12)6-9(7-14(15)16)10-4-3-5-17-10/h3-5,9H,6-8H2,1-2H3. The Bertz CT molecular complexity index is 451. The van der Waals surface area contributed by atoms with Crippen LogP contribution in [0, 0.1) is 10.1 Å². The van der Waals surface area contributed by atoms with Crippen molar-refractivity contribution in [2.45, 2.75) is 31.7 Å². The van der Waals surface area contributed by atoms with Crippen LogP contribution in [0.25, 0.3) is 0 Å². The van der Waals surface area contributed by atoms with Crippen molar-refractivity contribution < 1.29 is 14.1 Å². The topological polar surface area (TPSA) is 77.9 Å². The zero-order valence-electron chi connectivity index (χ0n) is 10.5. The van der Waals surface area contributed by atoms with Gasteiger partial charge in [-0.3, -0.25) is 10.1 Å². The average Bonchev–Trinajstić information content (AvgIpc) is 2.86. The summed E-state index contributed by atoms with van der Waals surface area (Å²) in [6, 6.07) is 3.47. The zero-order valence-corrected chi connectivity index (χ0v) is 10.5. The van der Waals surface area contributed by atoms with Gasteiger partial charge in [-0.2, -0.15) is 0 Å². The predicted octanol–water partition coefficient (Wildman–Crippen LogP) is 2.24. The van der Waals surface area contributed by atoms with Crippen LogP contribution in [0.5, 0.6) is 0 Å². The highest BCUT2D eigenvalue weighted by atomic mass is 16.6. The third kappa shape index (κ3) is 3.09. The van der Waals surface area contributed by atoms with E-state index in [1.54, 1.807) is 12.1 Å². The fourth-order valence-electron chi connectivity index (χ4n) is 1.94. The Hall–Kier alpha value is -1.85. The first-order valence-electron chi connectivity index (χ1n) is 5.83. The molecular formula is C12H16N2O4. The van der Waals surface area contributed by atoms with Crippen LogP contribution in [-0.4, -0.2) is 29.5 Å². The summed E-state index contributed by atoms with van der Waals surface area (Å²) in [5.74, 6) is 0.841. The molecule has 6 heteroatoms. The highest BCUT2D eigenvalue weighted by Crippen LogP contribution is 2.26. The van der Waals surface area contributed by atoms with Gasteiger partial charge in [0.2, 0.25) is 6.54 Å². The largest absolute Gasteiger partial charge is 0.478 e. The van der Waals surface area contributed by atoms with Crippen molar-refractivity contribution in [3.63, 3.8) is 0 Å². The van der Waals surface area contributed by atoms with E-state index in [-0.39, 0.29) is 22.9 Å².